The lowest BCUT2D eigenvalue weighted by Gasteiger charge is -2.11. The first-order chi connectivity index (χ1) is 11.7. The van der Waals surface area contributed by atoms with Crippen LogP contribution >= 0.6 is 0 Å². The standard InChI is InChI=1S/C19H19NO4/c21-18(20-15-10-11-15)13-24-19(22)16-8-4-5-9-17(16)23-12-14-6-2-1-3-7-14/h1-9,15H,10-13H2,(H,20,21). The van der Waals surface area contributed by atoms with Crippen LogP contribution in [0.4, 0.5) is 0 Å². The fraction of sp³-hybridized carbons (Fsp3) is 0.263. The van der Waals surface area contributed by atoms with Gasteiger partial charge in [-0.1, -0.05) is 42.5 Å². The highest BCUT2D eigenvalue weighted by atomic mass is 16.5. The molecule has 0 spiro atoms. The van der Waals surface area contributed by atoms with E-state index < -0.39 is 5.97 Å². The first kappa shape index (κ1) is 16.1. The molecule has 0 aromatic heterocycles. The van der Waals surface area contributed by atoms with Crippen LogP contribution in [0.25, 0.3) is 0 Å². The van der Waals surface area contributed by atoms with Crippen LogP contribution in [0.1, 0.15) is 28.8 Å². The number of nitrogens with one attached hydrogen (secondary N) is 1. The number of ether oxygens (including phenoxy) is 2. The fourth-order valence-electron chi connectivity index (χ4n) is 2.20. The minimum Gasteiger partial charge on any atom is -0.488 e. The van der Waals surface area contributed by atoms with Gasteiger partial charge >= 0.3 is 5.97 Å². The minimum absolute atomic E-state index is 0.248. The highest BCUT2D eigenvalue weighted by Crippen LogP contribution is 2.21. The summed E-state index contributed by atoms with van der Waals surface area (Å²) in [5.74, 6) is -0.396. The molecule has 0 bridgehead atoms. The molecule has 0 atom stereocenters. The Kier molecular flexibility index (Phi) is 5.11. The lowest BCUT2D eigenvalue weighted by molar-refractivity contribution is -0.124. The van der Waals surface area contributed by atoms with Crippen LogP contribution in [0.2, 0.25) is 0 Å². The topological polar surface area (TPSA) is 64.6 Å². The Morgan fingerprint density at radius 1 is 1.00 bits per heavy atom. The molecule has 1 saturated carbocycles. The molecular formula is C19H19NO4. The highest BCUT2D eigenvalue weighted by Gasteiger charge is 2.24. The number of para-hydroxylation sites is 1. The summed E-state index contributed by atoms with van der Waals surface area (Å²) in [6, 6.07) is 16.8. The molecule has 1 aliphatic carbocycles. The van der Waals surface area contributed by atoms with Crippen molar-refractivity contribution in [3.63, 3.8) is 0 Å². The van der Waals surface area contributed by atoms with Gasteiger partial charge < -0.3 is 14.8 Å². The summed E-state index contributed by atoms with van der Waals surface area (Å²) in [5, 5.41) is 2.77. The van der Waals surface area contributed by atoms with E-state index in [1.165, 1.54) is 0 Å². The van der Waals surface area contributed by atoms with Crippen LogP contribution in [0, 0.1) is 0 Å². The third-order valence-corrected chi connectivity index (χ3v) is 3.62. The second-order valence-electron chi connectivity index (χ2n) is 5.69. The van der Waals surface area contributed by atoms with Crippen LogP contribution < -0.4 is 10.1 Å². The second kappa shape index (κ2) is 7.64. The maximum absolute atomic E-state index is 12.2. The molecule has 0 saturated heterocycles. The van der Waals surface area contributed by atoms with Gasteiger partial charge in [-0.25, -0.2) is 4.79 Å². The third-order valence-electron chi connectivity index (χ3n) is 3.62. The molecule has 1 N–H and O–H groups in total. The smallest absolute Gasteiger partial charge is 0.342 e. The average Bonchev–Trinajstić information content (AvgIpc) is 3.43. The molecule has 0 heterocycles. The number of carbonyl (C=O) groups excluding carboxylic acids is 2. The van der Waals surface area contributed by atoms with Gasteiger partial charge in [-0.2, -0.15) is 0 Å². The molecule has 2 aromatic rings. The summed E-state index contributed by atoms with van der Waals surface area (Å²) < 4.78 is 10.8. The van der Waals surface area contributed by atoms with Crippen LogP contribution in [0.3, 0.4) is 0 Å². The minimum atomic E-state index is -0.565. The van der Waals surface area contributed by atoms with Crippen molar-refractivity contribution in [1.82, 2.24) is 5.32 Å². The number of benzene rings is 2. The van der Waals surface area contributed by atoms with Gasteiger partial charge in [0.1, 0.15) is 17.9 Å². The lowest BCUT2D eigenvalue weighted by Crippen LogP contribution is -2.30. The Labute approximate surface area is 140 Å². The van der Waals surface area contributed by atoms with Crippen molar-refractivity contribution >= 4 is 11.9 Å². The predicted molar refractivity (Wildman–Crippen MR) is 88.7 cm³/mol. The van der Waals surface area contributed by atoms with Gasteiger partial charge in [-0.3, -0.25) is 4.79 Å². The van der Waals surface area contributed by atoms with Gasteiger partial charge in [0.25, 0.3) is 5.91 Å². The van der Waals surface area contributed by atoms with Gasteiger partial charge in [0.15, 0.2) is 6.61 Å². The summed E-state index contributed by atoms with van der Waals surface area (Å²) in [6.07, 6.45) is 1.99. The molecule has 2 aromatic carbocycles. The molecule has 1 aliphatic rings. The lowest BCUT2D eigenvalue weighted by atomic mass is 10.2. The average molecular weight is 325 g/mol. The molecule has 0 unspecified atom stereocenters. The van der Waals surface area contributed by atoms with Crippen molar-refractivity contribution in [2.24, 2.45) is 0 Å². The summed E-state index contributed by atoms with van der Waals surface area (Å²) in [4.78, 5) is 23.8. The summed E-state index contributed by atoms with van der Waals surface area (Å²) in [5.41, 5.74) is 1.32. The number of hydrogen-bond acceptors (Lipinski definition) is 4. The van der Waals surface area contributed by atoms with E-state index in [1.54, 1.807) is 24.3 Å². The summed E-state index contributed by atoms with van der Waals surface area (Å²) >= 11 is 0. The van der Waals surface area contributed by atoms with Gasteiger partial charge in [0, 0.05) is 6.04 Å². The van der Waals surface area contributed by atoms with Crippen molar-refractivity contribution in [3.8, 4) is 5.75 Å². The fourth-order valence-corrected chi connectivity index (χ4v) is 2.20. The molecule has 5 heteroatoms. The van der Waals surface area contributed by atoms with E-state index in [4.69, 9.17) is 9.47 Å². The van der Waals surface area contributed by atoms with Crippen LogP contribution in [-0.2, 0) is 16.1 Å². The van der Waals surface area contributed by atoms with Gasteiger partial charge in [-0.05, 0) is 30.5 Å². The molecule has 5 nitrogen and oxygen atoms in total. The van der Waals surface area contributed by atoms with E-state index in [0.29, 0.717) is 17.9 Å². The van der Waals surface area contributed by atoms with Gasteiger partial charge in [-0.15, -0.1) is 0 Å². The molecular weight excluding hydrogens is 306 g/mol. The largest absolute Gasteiger partial charge is 0.488 e. The van der Waals surface area contributed by atoms with E-state index in [-0.39, 0.29) is 18.6 Å². The first-order valence-electron chi connectivity index (χ1n) is 7.94. The molecule has 3 rings (SSSR count). The van der Waals surface area contributed by atoms with Crippen molar-refractivity contribution < 1.29 is 19.1 Å². The SMILES string of the molecule is O=C(COC(=O)c1ccccc1OCc1ccccc1)NC1CC1. The van der Waals surface area contributed by atoms with Crippen LogP contribution in [0.15, 0.2) is 54.6 Å². The molecule has 124 valence electrons. The van der Waals surface area contributed by atoms with E-state index in [2.05, 4.69) is 5.32 Å². The zero-order chi connectivity index (χ0) is 16.8. The van der Waals surface area contributed by atoms with Crippen molar-refractivity contribution in [2.45, 2.75) is 25.5 Å². The second-order valence-corrected chi connectivity index (χ2v) is 5.69. The Bertz CT molecular complexity index is 710. The number of carbonyl (C=O) groups is 2. The van der Waals surface area contributed by atoms with E-state index >= 15 is 0 Å². The quantitative estimate of drug-likeness (QED) is 0.795. The zero-order valence-electron chi connectivity index (χ0n) is 13.2. The maximum Gasteiger partial charge on any atom is 0.342 e. The van der Waals surface area contributed by atoms with Gasteiger partial charge in [0.05, 0.1) is 0 Å². The molecule has 24 heavy (non-hydrogen) atoms. The van der Waals surface area contributed by atoms with E-state index in [1.807, 2.05) is 30.3 Å². The molecule has 1 amide bonds. The van der Waals surface area contributed by atoms with E-state index in [0.717, 1.165) is 18.4 Å². The number of esters is 1. The van der Waals surface area contributed by atoms with Crippen molar-refractivity contribution in [1.29, 1.82) is 0 Å². The zero-order valence-corrected chi connectivity index (χ0v) is 13.2. The predicted octanol–water partition coefficient (Wildman–Crippen LogP) is 2.70. The Morgan fingerprint density at radius 3 is 2.46 bits per heavy atom. The van der Waals surface area contributed by atoms with Gasteiger partial charge in [0.2, 0.25) is 0 Å². The first-order valence-corrected chi connectivity index (χ1v) is 7.94. The molecule has 0 aliphatic heterocycles. The Morgan fingerprint density at radius 2 is 1.71 bits per heavy atom. The number of amides is 1. The van der Waals surface area contributed by atoms with E-state index in [9.17, 15) is 9.59 Å². The van der Waals surface area contributed by atoms with Crippen molar-refractivity contribution in [3.05, 3.63) is 65.7 Å². The summed E-state index contributed by atoms with van der Waals surface area (Å²) in [6.45, 7) is 0.0790. The highest BCUT2D eigenvalue weighted by molar-refractivity contribution is 5.94. The Hall–Kier alpha value is -2.82. The number of rotatable bonds is 7. The van der Waals surface area contributed by atoms with Crippen LogP contribution in [-0.4, -0.2) is 24.5 Å². The monoisotopic (exact) mass is 325 g/mol. The third kappa shape index (κ3) is 4.59. The molecule has 0 radical (unpaired) electrons. The summed E-state index contributed by atoms with van der Waals surface area (Å²) in [7, 11) is 0. The molecule has 1 fully saturated rings. The van der Waals surface area contributed by atoms with Crippen molar-refractivity contribution in [2.75, 3.05) is 6.61 Å². The number of hydrogen-bond donors (Lipinski definition) is 1. The maximum atomic E-state index is 12.2. The van der Waals surface area contributed by atoms with Crippen LogP contribution in [0.5, 0.6) is 5.75 Å². The normalized spacial score (nSPS) is 13.2. The Balaban J connectivity index is 1.57.